The van der Waals surface area contributed by atoms with Crippen LogP contribution in [-0.4, -0.2) is 15.6 Å². The standard InChI is InChI=1S/C20H18N2OS2/c1-20(2,3)23-19-18(21-14-6-4-5-7-15(14)22-19)17-9-8-16(25-17)13-10-11-24-12-13/h4-12H,1-3H3. The lowest BCUT2D eigenvalue weighted by molar-refractivity contribution is 0.125. The van der Waals surface area contributed by atoms with Crippen molar-refractivity contribution in [3.8, 4) is 26.9 Å². The molecule has 1 aromatic carbocycles. The summed E-state index contributed by atoms with van der Waals surface area (Å²) in [6.45, 7) is 6.08. The van der Waals surface area contributed by atoms with Crippen molar-refractivity contribution < 1.29 is 4.74 Å². The average Bonchev–Trinajstić information content (AvgIpc) is 3.24. The molecule has 5 heteroatoms. The predicted molar refractivity (Wildman–Crippen MR) is 107 cm³/mol. The van der Waals surface area contributed by atoms with E-state index in [-0.39, 0.29) is 5.60 Å². The van der Waals surface area contributed by atoms with Gasteiger partial charge in [0, 0.05) is 10.4 Å². The molecule has 0 fully saturated rings. The van der Waals surface area contributed by atoms with Crippen LogP contribution in [0.1, 0.15) is 20.8 Å². The Morgan fingerprint density at radius 3 is 2.28 bits per heavy atom. The summed E-state index contributed by atoms with van der Waals surface area (Å²) in [5, 5.41) is 4.26. The van der Waals surface area contributed by atoms with E-state index in [1.54, 1.807) is 22.7 Å². The number of benzene rings is 1. The Bertz CT molecular complexity index is 1010. The van der Waals surface area contributed by atoms with E-state index in [1.807, 2.05) is 45.0 Å². The van der Waals surface area contributed by atoms with Gasteiger partial charge in [0.1, 0.15) is 11.3 Å². The molecule has 0 N–H and O–H groups in total. The predicted octanol–water partition coefficient (Wildman–Crippen LogP) is 6.26. The lowest BCUT2D eigenvalue weighted by Gasteiger charge is -2.21. The van der Waals surface area contributed by atoms with Gasteiger partial charge >= 0.3 is 0 Å². The molecule has 0 bridgehead atoms. The van der Waals surface area contributed by atoms with E-state index in [1.165, 1.54) is 10.4 Å². The van der Waals surface area contributed by atoms with Crippen LogP contribution >= 0.6 is 22.7 Å². The van der Waals surface area contributed by atoms with Crippen LogP contribution in [0.5, 0.6) is 5.88 Å². The van der Waals surface area contributed by atoms with E-state index in [4.69, 9.17) is 14.7 Å². The molecular weight excluding hydrogens is 348 g/mol. The third kappa shape index (κ3) is 3.43. The Balaban J connectivity index is 1.85. The molecule has 3 aromatic heterocycles. The summed E-state index contributed by atoms with van der Waals surface area (Å²) < 4.78 is 6.13. The van der Waals surface area contributed by atoms with E-state index in [0.29, 0.717) is 5.88 Å². The van der Waals surface area contributed by atoms with Gasteiger partial charge < -0.3 is 4.74 Å². The van der Waals surface area contributed by atoms with Crippen molar-refractivity contribution >= 4 is 33.7 Å². The number of para-hydroxylation sites is 2. The van der Waals surface area contributed by atoms with Gasteiger partial charge in [0.15, 0.2) is 0 Å². The van der Waals surface area contributed by atoms with Crippen LogP contribution in [0.4, 0.5) is 0 Å². The zero-order valence-corrected chi connectivity index (χ0v) is 15.9. The first kappa shape index (κ1) is 16.2. The Morgan fingerprint density at radius 2 is 1.60 bits per heavy atom. The summed E-state index contributed by atoms with van der Waals surface area (Å²) in [5.41, 5.74) is 3.44. The minimum Gasteiger partial charge on any atom is -0.470 e. The SMILES string of the molecule is CC(C)(C)Oc1nc2ccccc2nc1-c1ccc(-c2ccsc2)s1. The molecule has 0 aliphatic heterocycles. The molecular formula is C20H18N2OS2. The lowest BCUT2D eigenvalue weighted by Crippen LogP contribution is -2.24. The number of rotatable bonds is 3. The van der Waals surface area contributed by atoms with Crippen molar-refractivity contribution in [2.75, 3.05) is 0 Å². The second-order valence-electron chi connectivity index (χ2n) is 6.76. The molecule has 25 heavy (non-hydrogen) atoms. The Kier molecular flexibility index (Phi) is 4.06. The number of fused-ring (bicyclic) bond motifs is 1. The second kappa shape index (κ2) is 6.24. The fraction of sp³-hybridized carbons (Fsp3) is 0.200. The van der Waals surface area contributed by atoms with Crippen molar-refractivity contribution in [2.24, 2.45) is 0 Å². The van der Waals surface area contributed by atoms with Crippen LogP contribution in [0.25, 0.3) is 32.0 Å². The first-order valence-corrected chi connectivity index (χ1v) is 9.84. The number of hydrogen-bond donors (Lipinski definition) is 0. The number of thiophene rings is 2. The highest BCUT2D eigenvalue weighted by Crippen LogP contribution is 2.39. The van der Waals surface area contributed by atoms with Gasteiger partial charge in [0.25, 0.3) is 0 Å². The summed E-state index contributed by atoms with van der Waals surface area (Å²) in [5.74, 6) is 0.588. The molecule has 0 atom stereocenters. The summed E-state index contributed by atoms with van der Waals surface area (Å²) >= 11 is 3.42. The number of nitrogens with zero attached hydrogens (tertiary/aromatic N) is 2. The Labute approximate surface area is 155 Å². The van der Waals surface area contributed by atoms with Crippen LogP contribution in [0.2, 0.25) is 0 Å². The van der Waals surface area contributed by atoms with Crippen LogP contribution in [0, 0.1) is 0 Å². The van der Waals surface area contributed by atoms with Crippen molar-refractivity contribution in [1.29, 1.82) is 0 Å². The summed E-state index contributed by atoms with van der Waals surface area (Å²) in [6.07, 6.45) is 0. The fourth-order valence-electron chi connectivity index (χ4n) is 2.53. The van der Waals surface area contributed by atoms with Gasteiger partial charge in [-0.25, -0.2) is 9.97 Å². The van der Waals surface area contributed by atoms with Crippen molar-refractivity contribution in [3.63, 3.8) is 0 Å². The third-order valence-electron chi connectivity index (χ3n) is 3.59. The second-order valence-corrected chi connectivity index (χ2v) is 8.62. The molecule has 4 aromatic rings. The van der Waals surface area contributed by atoms with E-state index in [0.717, 1.165) is 21.6 Å². The maximum absolute atomic E-state index is 6.13. The lowest BCUT2D eigenvalue weighted by atomic mass is 10.2. The first-order chi connectivity index (χ1) is 12.0. The van der Waals surface area contributed by atoms with Crippen molar-refractivity contribution in [1.82, 2.24) is 9.97 Å². The molecule has 0 amide bonds. The molecule has 0 spiro atoms. The maximum Gasteiger partial charge on any atom is 0.242 e. The molecule has 0 unspecified atom stereocenters. The molecule has 0 radical (unpaired) electrons. The molecule has 0 aliphatic carbocycles. The maximum atomic E-state index is 6.13. The summed E-state index contributed by atoms with van der Waals surface area (Å²) in [7, 11) is 0. The van der Waals surface area contributed by atoms with Gasteiger partial charge in [0.2, 0.25) is 5.88 Å². The molecule has 0 saturated carbocycles. The Morgan fingerprint density at radius 1 is 0.880 bits per heavy atom. The number of hydrogen-bond acceptors (Lipinski definition) is 5. The van der Waals surface area contributed by atoms with E-state index in [9.17, 15) is 0 Å². The zero-order valence-electron chi connectivity index (χ0n) is 14.3. The van der Waals surface area contributed by atoms with E-state index >= 15 is 0 Å². The number of ether oxygens (including phenoxy) is 1. The zero-order chi connectivity index (χ0) is 17.4. The van der Waals surface area contributed by atoms with Gasteiger partial charge in [0.05, 0.1) is 15.9 Å². The first-order valence-electron chi connectivity index (χ1n) is 8.08. The number of aromatic nitrogens is 2. The Hall–Kier alpha value is -2.24. The van der Waals surface area contributed by atoms with Crippen LogP contribution in [-0.2, 0) is 0 Å². The molecule has 3 heterocycles. The van der Waals surface area contributed by atoms with Crippen molar-refractivity contribution in [2.45, 2.75) is 26.4 Å². The highest BCUT2D eigenvalue weighted by molar-refractivity contribution is 7.19. The topological polar surface area (TPSA) is 35.0 Å². The van der Waals surface area contributed by atoms with Gasteiger partial charge in [-0.3, -0.25) is 0 Å². The molecule has 126 valence electrons. The highest BCUT2D eigenvalue weighted by atomic mass is 32.1. The minimum absolute atomic E-state index is 0.334. The van der Waals surface area contributed by atoms with Crippen LogP contribution < -0.4 is 4.74 Å². The van der Waals surface area contributed by atoms with Crippen LogP contribution in [0.3, 0.4) is 0 Å². The largest absolute Gasteiger partial charge is 0.470 e. The fourth-order valence-corrected chi connectivity index (χ4v) is 4.24. The highest BCUT2D eigenvalue weighted by Gasteiger charge is 2.20. The minimum atomic E-state index is -0.334. The quantitative estimate of drug-likeness (QED) is 0.429. The summed E-state index contributed by atoms with van der Waals surface area (Å²) in [4.78, 5) is 11.9. The van der Waals surface area contributed by atoms with Gasteiger partial charge in [-0.1, -0.05) is 12.1 Å². The monoisotopic (exact) mass is 366 g/mol. The van der Waals surface area contributed by atoms with Gasteiger partial charge in [-0.2, -0.15) is 11.3 Å². The van der Waals surface area contributed by atoms with Crippen molar-refractivity contribution in [3.05, 3.63) is 53.2 Å². The molecule has 0 saturated heterocycles. The summed E-state index contributed by atoms with van der Waals surface area (Å²) in [6, 6.07) is 14.3. The molecule has 0 aliphatic rings. The normalized spacial score (nSPS) is 11.8. The van der Waals surface area contributed by atoms with E-state index in [2.05, 4.69) is 29.0 Å². The smallest absolute Gasteiger partial charge is 0.242 e. The van der Waals surface area contributed by atoms with Crippen LogP contribution in [0.15, 0.2) is 53.2 Å². The van der Waals surface area contributed by atoms with Gasteiger partial charge in [-0.15, -0.1) is 11.3 Å². The molecule has 4 rings (SSSR count). The average molecular weight is 367 g/mol. The van der Waals surface area contributed by atoms with E-state index < -0.39 is 0 Å². The van der Waals surface area contributed by atoms with Gasteiger partial charge in [-0.05, 0) is 61.9 Å². The third-order valence-corrected chi connectivity index (χ3v) is 5.41. The molecule has 3 nitrogen and oxygen atoms in total.